The Balaban J connectivity index is 1.79. The van der Waals surface area contributed by atoms with E-state index in [2.05, 4.69) is 5.32 Å². The average Bonchev–Trinajstić information content (AvgIpc) is 2.48. The molecule has 0 bridgehead atoms. The number of benzene rings is 2. The molecule has 0 aliphatic carbocycles. The first-order chi connectivity index (χ1) is 9.74. The zero-order valence-electron chi connectivity index (χ0n) is 10.9. The molecule has 0 spiro atoms. The molecule has 1 heterocycles. The Bertz CT molecular complexity index is 622. The van der Waals surface area contributed by atoms with E-state index in [1.54, 1.807) is 12.1 Å². The zero-order chi connectivity index (χ0) is 13.9. The van der Waals surface area contributed by atoms with Crippen LogP contribution in [0.15, 0.2) is 48.5 Å². The molecule has 20 heavy (non-hydrogen) atoms. The van der Waals surface area contributed by atoms with E-state index in [0.29, 0.717) is 12.2 Å². The number of nitrogens with one attached hydrogen (secondary N) is 1. The number of para-hydroxylation sites is 1. The van der Waals surface area contributed by atoms with Crippen molar-refractivity contribution in [1.29, 1.82) is 0 Å². The fourth-order valence-electron chi connectivity index (χ4n) is 2.35. The Hall–Kier alpha value is -2.49. The number of hydrogen-bond acceptors (Lipinski definition) is 3. The lowest BCUT2D eigenvalue weighted by molar-refractivity contribution is 0.0925. The zero-order valence-corrected chi connectivity index (χ0v) is 10.9. The highest BCUT2D eigenvalue weighted by atomic mass is 16.5. The third-order valence-electron chi connectivity index (χ3n) is 3.39. The first-order valence-corrected chi connectivity index (χ1v) is 6.55. The molecule has 0 saturated carbocycles. The number of carbonyl (C=O) groups is 1. The number of ether oxygens (including phenoxy) is 1. The maximum absolute atomic E-state index is 12.2. The maximum Gasteiger partial charge on any atom is 0.251 e. The molecule has 0 aromatic heterocycles. The molecule has 2 aromatic carbocycles. The van der Waals surface area contributed by atoms with Crippen LogP contribution in [0, 0.1) is 0 Å². The first-order valence-electron chi connectivity index (χ1n) is 6.55. The lowest BCUT2D eigenvalue weighted by Gasteiger charge is -2.26. The highest BCUT2D eigenvalue weighted by Crippen LogP contribution is 2.31. The van der Waals surface area contributed by atoms with Gasteiger partial charge >= 0.3 is 0 Å². The summed E-state index contributed by atoms with van der Waals surface area (Å²) >= 11 is 0. The van der Waals surface area contributed by atoms with Crippen LogP contribution in [0.3, 0.4) is 0 Å². The van der Waals surface area contributed by atoms with Crippen LogP contribution in [0.2, 0.25) is 0 Å². The Kier molecular flexibility index (Phi) is 3.29. The van der Waals surface area contributed by atoms with Crippen LogP contribution in [-0.4, -0.2) is 17.6 Å². The summed E-state index contributed by atoms with van der Waals surface area (Å²) in [5.74, 6) is 0.833. The van der Waals surface area contributed by atoms with Crippen molar-refractivity contribution in [1.82, 2.24) is 5.32 Å². The monoisotopic (exact) mass is 269 g/mol. The Morgan fingerprint density at radius 1 is 1.15 bits per heavy atom. The van der Waals surface area contributed by atoms with Crippen molar-refractivity contribution in [3.63, 3.8) is 0 Å². The van der Waals surface area contributed by atoms with Crippen molar-refractivity contribution >= 4 is 5.91 Å². The predicted molar refractivity (Wildman–Crippen MR) is 74.9 cm³/mol. The van der Waals surface area contributed by atoms with Gasteiger partial charge in [0.15, 0.2) is 0 Å². The quantitative estimate of drug-likeness (QED) is 0.881. The summed E-state index contributed by atoms with van der Waals surface area (Å²) in [6, 6.07) is 13.9. The van der Waals surface area contributed by atoms with Crippen molar-refractivity contribution in [2.75, 3.05) is 6.61 Å². The molecule has 1 unspecified atom stereocenters. The van der Waals surface area contributed by atoms with E-state index < -0.39 is 0 Å². The van der Waals surface area contributed by atoms with Crippen molar-refractivity contribution < 1.29 is 14.6 Å². The summed E-state index contributed by atoms with van der Waals surface area (Å²) in [4.78, 5) is 12.2. The summed E-state index contributed by atoms with van der Waals surface area (Å²) in [6.45, 7) is 0.595. The lowest BCUT2D eigenvalue weighted by Crippen LogP contribution is -2.32. The van der Waals surface area contributed by atoms with E-state index in [4.69, 9.17) is 4.74 Å². The van der Waals surface area contributed by atoms with E-state index in [1.165, 1.54) is 12.1 Å². The minimum absolute atomic E-state index is 0.0405. The van der Waals surface area contributed by atoms with Gasteiger partial charge in [0.2, 0.25) is 0 Å². The third kappa shape index (κ3) is 2.45. The second kappa shape index (κ2) is 5.25. The molecule has 0 fully saturated rings. The third-order valence-corrected chi connectivity index (χ3v) is 3.39. The van der Waals surface area contributed by atoms with Gasteiger partial charge in [0.1, 0.15) is 11.5 Å². The molecule has 1 aliphatic rings. The van der Waals surface area contributed by atoms with Gasteiger partial charge < -0.3 is 15.2 Å². The lowest BCUT2D eigenvalue weighted by atomic mass is 10.00. The second-order valence-corrected chi connectivity index (χ2v) is 4.75. The van der Waals surface area contributed by atoms with Crippen molar-refractivity contribution in [2.45, 2.75) is 12.5 Å². The average molecular weight is 269 g/mol. The van der Waals surface area contributed by atoms with Crippen LogP contribution >= 0.6 is 0 Å². The molecule has 3 rings (SSSR count). The number of amides is 1. The molecule has 1 aliphatic heterocycles. The van der Waals surface area contributed by atoms with E-state index in [9.17, 15) is 9.90 Å². The number of fused-ring (bicyclic) bond motifs is 1. The fraction of sp³-hybridized carbons (Fsp3) is 0.188. The molecule has 102 valence electrons. The van der Waals surface area contributed by atoms with Gasteiger partial charge in [-0.2, -0.15) is 0 Å². The Morgan fingerprint density at radius 3 is 2.70 bits per heavy atom. The molecule has 0 saturated heterocycles. The normalized spacial score (nSPS) is 16.9. The van der Waals surface area contributed by atoms with Gasteiger partial charge in [0.05, 0.1) is 12.6 Å². The fourth-order valence-corrected chi connectivity index (χ4v) is 2.35. The van der Waals surface area contributed by atoms with E-state index >= 15 is 0 Å². The molecule has 2 aromatic rings. The van der Waals surface area contributed by atoms with Gasteiger partial charge in [-0.3, -0.25) is 4.79 Å². The summed E-state index contributed by atoms with van der Waals surface area (Å²) in [6.07, 6.45) is 0.751. The summed E-state index contributed by atoms with van der Waals surface area (Å²) in [5.41, 5.74) is 1.54. The highest BCUT2D eigenvalue weighted by Gasteiger charge is 2.22. The van der Waals surface area contributed by atoms with Gasteiger partial charge in [-0.25, -0.2) is 0 Å². The first kappa shape index (κ1) is 12.5. The van der Waals surface area contributed by atoms with Gasteiger partial charge in [0.25, 0.3) is 5.91 Å². The molecule has 2 N–H and O–H groups in total. The summed E-state index contributed by atoms with van der Waals surface area (Å²) < 4.78 is 5.57. The SMILES string of the molecule is O=C(NC1CCOc2ccccc21)c1ccc(O)cc1. The summed E-state index contributed by atoms with van der Waals surface area (Å²) in [7, 11) is 0. The van der Waals surface area contributed by atoms with E-state index in [-0.39, 0.29) is 17.7 Å². The van der Waals surface area contributed by atoms with Crippen molar-refractivity contribution in [2.24, 2.45) is 0 Å². The minimum Gasteiger partial charge on any atom is -0.508 e. The standard InChI is InChI=1S/C16H15NO3/c18-12-7-5-11(6-8-12)16(19)17-14-9-10-20-15-4-2-1-3-13(14)15/h1-8,14,18H,9-10H2,(H,17,19). The molecule has 1 amide bonds. The Labute approximate surface area is 117 Å². The molecule has 0 radical (unpaired) electrons. The molecular formula is C16H15NO3. The number of hydrogen-bond donors (Lipinski definition) is 2. The number of aromatic hydroxyl groups is 1. The predicted octanol–water partition coefficient (Wildman–Crippen LogP) is 2.65. The van der Waals surface area contributed by atoms with Gasteiger partial charge in [-0.05, 0) is 30.3 Å². The number of rotatable bonds is 2. The summed E-state index contributed by atoms with van der Waals surface area (Å²) in [5, 5.41) is 12.3. The van der Waals surface area contributed by atoms with Crippen LogP contribution in [0.1, 0.15) is 28.4 Å². The van der Waals surface area contributed by atoms with Gasteiger partial charge in [-0.1, -0.05) is 18.2 Å². The van der Waals surface area contributed by atoms with Crippen LogP contribution in [0.5, 0.6) is 11.5 Å². The molecule has 4 heteroatoms. The van der Waals surface area contributed by atoms with Crippen molar-refractivity contribution in [3.8, 4) is 11.5 Å². The minimum atomic E-state index is -0.147. The number of phenols is 1. The molecular weight excluding hydrogens is 254 g/mol. The van der Waals surface area contributed by atoms with Crippen LogP contribution in [-0.2, 0) is 0 Å². The highest BCUT2D eigenvalue weighted by molar-refractivity contribution is 5.94. The van der Waals surface area contributed by atoms with E-state index in [0.717, 1.165) is 17.7 Å². The van der Waals surface area contributed by atoms with Gasteiger partial charge in [0, 0.05) is 17.5 Å². The second-order valence-electron chi connectivity index (χ2n) is 4.75. The topological polar surface area (TPSA) is 58.6 Å². The smallest absolute Gasteiger partial charge is 0.251 e. The van der Waals surface area contributed by atoms with Crippen molar-refractivity contribution in [3.05, 3.63) is 59.7 Å². The van der Waals surface area contributed by atoms with Crippen LogP contribution in [0.25, 0.3) is 0 Å². The van der Waals surface area contributed by atoms with E-state index in [1.807, 2.05) is 24.3 Å². The Morgan fingerprint density at radius 2 is 1.90 bits per heavy atom. The van der Waals surface area contributed by atoms with Crippen LogP contribution < -0.4 is 10.1 Å². The molecule has 4 nitrogen and oxygen atoms in total. The molecule has 1 atom stereocenters. The number of carbonyl (C=O) groups excluding carboxylic acids is 1. The largest absolute Gasteiger partial charge is 0.508 e. The maximum atomic E-state index is 12.2. The van der Waals surface area contributed by atoms with Crippen LogP contribution in [0.4, 0.5) is 0 Å². The van der Waals surface area contributed by atoms with Gasteiger partial charge in [-0.15, -0.1) is 0 Å². The number of phenolic OH excluding ortho intramolecular Hbond substituents is 1.